The Hall–Kier alpha value is -3.79. The summed E-state index contributed by atoms with van der Waals surface area (Å²) in [4.78, 5) is 23.5. The van der Waals surface area contributed by atoms with Crippen molar-refractivity contribution in [1.82, 2.24) is 25.5 Å². The topological polar surface area (TPSA) is 128 Å². The fourth-order valence-electron chi connectivity index (χ4n) is 3.28. The van der Waals surface area contributed by atoms with Crippen LogP contribution in [0.3, 0.4) is 0 Å². The van der Waals surface area contributed by atoms with Gasteiger partial charge in [-0.15, -0.1) is 5.10 Å². The molecule has 3 rings (SSSR count). The van der Waals surface area contributed by atoms with Crippen LogP contribution in [0.1, 0.15) is 41.0 Å². The van der Waals surface area contributed by atoms with Crippen molar-refractivity contribution in [3.05, 3.63) is 71.0 Å². The lowest BCUT2D eigenvalue weighted by Gasteiger charge is -2.25. The smallest absolute Gasteiger partial charge is 0.327 e. The molecular weight excluding hydrogens is 414 g/mol. The number of aryl methyl sites for hydroxylation is 1. The van der Waals surface area contributed by atoms with Crippen LogP contribution in [-0.4, -0.2) is 51.5 Å². The van der Waals surface area contributed by atoms with E-state index < -0.39 is 24.0 Å². The Labute approximate surface area is 185 Å². The van der Waals surface area contributed by atoms with Gasteiger partial charge in [-0.1, -0.05) is 42.0 Å². The number of hydrogen-bond donors (Lipinski definition) is 2. The van der Waals surface area contributed by atoms with Crippen LogP contribution < -0.4 is 10.1 Å². The average molecular weight is 439 g/mol. The van der Waals surface area contributed by atoms with Crippen LogP contribution in [-0.2, 0) is 20.9 Å². The Morgan fingerprint density at radius 2 is 1.72 bits per heavy atom. The van der Waals surface area contributed by atoms with Crippen molar-refractivity contribution in [2.24, 2.45) is 0 Å². The van der Waals surface area contributed by atoms with Crippen molar-refractivity contribution >= 4 is 11.9 Å². The van der Waals surface area contributed by atoms with E-state index in [1.807, 2.05) is 43.3 Å². The van der Waals surface area contributed by atoms with Crippen LogP contribution in [0.5, 0.6) is 5.75 Å². The summed E-state index contributed by atoms with van der Waals surface area (Å²) in [6, 6.07) is 13.7. The standard InChI is InChI=1S/C22H25N5O5/c1-14-4-6-15(7-5-14)18(12-19(28)29)23-21(16-8-10-17(31-2)11-9-16)22-24-25-26-27(22)13-20(30)32-3/h4-11,18,21,23H,12-13H2,1-3H3,(H,28,29). The van der Waals surface area contributed by atoms with Crippen molar-refractivity contribution in [2.75, 3.05) is 14.2 Å². The Balaban J connectivity index is 2.02. The second-order valence-corrected chi connectivity index (χ2v) is 7.20. The summed E-state index contributed by atoms with van der Waals surface area (Å²) in [7, 11) is 2.85. The molecule has 0 saturated carbocycles. The maximum atomic E-state index is 11.8. The highest BCUT2D eigenvalue weighted by Crippen LogP contribution is 2.28. The Bertz CT molecular complexity index is 1050. The molecule has 0 aliphatic rings. The van der Waals surface area contributed by atoms with Gasteiger partial charge in [0.15, 0.2) is 5.82 Å². The van der Waals surface area contributed by atoms with Crippen LogP contribution in [0.25, 0.3) is 0 Å². The Morgan fingerprint density at radius 1 is 1.06 bits per heavy atom. The van der Waals surface area contributed by atoms with Gasteiger partial charge in [0.1, 0.15) is 12.3 Å². The number of rotatable bonds is 10. The van der Waals surface area contributed by atoms with Crippen molar-refractivity contribution in [2.45, 2.75) is 32.0 Å². The number of ether oxygens (including phenoxy) is 2. The third-order valence-corrected chi connectivity index (χ3v) is 5.00. The zero-order valence-corrected chi connectivity index (χ0v) is 18.1. The van der Waals surface area contributed by atoms with Crippen molar-refractivity contribution < 1.29 is 24.2 Å². The van der Waals surface area contributed by atoms with E-state index in [2.05, 4.69) is 20.8 Å². The Kier molecular flexibility index (Phi) is 7.50. The van der Waals surface area contributed by atoms with E-state index in [9.17, 15) is 14.7 Å². The minimum absolute atomic E-state index is 0.158. The zero-order chi connectivity index (χ0) is 23.1. The summed E-state index contributed by atoms with van der Waals surface area (Å²) in [5.74, 6) is -0.441. The molecule has 0 spiro atoms. The molecule has 168 valence electrons. The van der Waals surface area contributed by atoms with Crippen LogP contribution >= 0.6 is 0 Å². The number of esters is 1. The number of carbonyl (C=O) groups is 2. The molecule has 3 aromatic rings. The third-order valence-electron chi connectivity index (χ3n) is 5.00. The molecule has 0 amide bonds. The molecule has 1 heterocycles. The van der Waals surface area contributed by atoms with Gasteiger partial charge in [-0.3, -0.25) is 14.9 Å². The molecule has 10 heteroatoms. The van der Waals surface area contributed by atoms with E-state index in [1.165, 1.54) is 11.8 Å². The zero-order valence-electron chi connectivity index (χ0n) is 18.1. The molecule has 1 aromatic heterocycles. The van der Waals surface area contributed by atoms with Gasteiger partial charge in [0.2, 0.25) is 0 Å². The Morgan fingerprint density at radius 3 is 2.31 bits per heavy atom. The largest absolute Gasteiger partial charge is 0.497 e. The molecule has 32 heavy (non-hydrogen) atoms. The molecule has 0 aliphatic heterocycles. The molecule has 0 radical (unpaired) electrons. The highest BCUT2D eigenvalue weighted by atomic mass is 16.5. The number of nitrogens with zero attached hydrogens (tertiary/aromatic N) is 4. The first-order valence-electron chi connectivity index (χ1n) is 9.92. The fourth-order valence-corrected chi connectivity index (χ4v) is 3.28. The number of hydrogen-bond acceptors (Lipinski definition) is 8. The first kappa shape index (κ1) is 22.9. The fraction of sp³-hybridized carbons (Fsp3) is 0.318. The van der Waals surface area contributed by atoms with Gasteiger partial charge < -0.3 is 14.6 Å². The molecular formula is C22H25N5O5. The molecule has 0 fully saturated rings. The van der Waals surface area contributed by atoms with Gasteiger partial charge in [0.05, 0.1) is 26.7 Å². The van der Waals surface area contributed by atoms with E-state index in [1.54, 1.807) is 19.2 Å². The number of nitrogens with one attached hydrogen (secondary N) is 1. The highest BCUT2D eigenvalue weighted by molar-refractivity contribution is 5.69. The van der Waals surface area contributed by atoms with Gasteiger partial charge in [0.25, 0.3) is 0 Å². The number of carboxylic acids is 1. The van der Waals surface area contributed by atoms with E-state index in [4.69, 9.17) is 9.47 Å². The minimum Gasteiger partial charge on any atom is -0.497 e. The van der Waals surface area contributed by atoms with Gasteiger partial charge in [-0.2, -0.15) is 0 Å². The van der Waals surface area contributed by atoms with E-state index >= 15 is 0 Å². The maximum Gasteiger partial charge on any atom is 0.327 e. The number of carboxylic acid groups (broad SMARTS) is 1. The lowest BCUT2D eigenvalue weighted by atomic mass is 9.98. The van der Waals surface area contributed by atoms with Gasteiger partial charge in [0, 0.05) is 6.04 Å². The quantitative estimate of drug-likeness (QED) is 0.456. The molecule has 2 aromatic carbocycles. The van der Waals surface area contributed by atoms with Crippen LogP contribution in [0.15, 0.2) is 48.5 Å². The summed E-state index contributed by atoms with van der Waals surface area (Å²) in [6.07, 6.45) is -0.158. The third kappa shape index (κ3) is 5.67. The van der Waals surface area contributed by atoms with Crippen molar-refractivity contribution in [1.29, 1.82) is 0 Å². The molecule has 2 atom stereocenters. The van der Waals surface area contributed by atoms with Gasteiger partial charge in [-0.25, -0.2) is 4.68 Å². The summed E-state index contributed by atoms with van der Waals surface area (Å²) < 4.78 is 11.3. The van der Waals surface area contributed by atoms with Crippen LogP contribution in [0.2, 0.25) is 0 Å². The predicted octanol–water partition coefficient (Wildman–Crippen LogP) is 2.06. The highest BCUT2D eigenvalue weighted by Gasteiger charge is 2.27. The molecule has 2 unspecified atom stereocenters. The number of tetrazole rings is 1. The normalized spacial score (nSPS) is 12.7. The van der Waals surface area contributed by atoms with Crippen molar-refractivity contribution in [3.63, 3.8) is 0 Å². The molecule has 0 saturated heterocycles. The second kappa shape index (κ2) is 10.5. The first-order chi connectivity index (χ1) is 15.4. The molecule has 2 N–H and O–H groups in total. The summed E-state index contributed by atoms with van der Waals surface area (Å²) >= 11 is 0. The van der Waals surface area contributed by atoms with Gasteiger partial charge >= 0.3 is 11.9 Å². The number of carbonyl (C=O) groups excluding carboxylic acids is 1. The van der Waals surface area contributed by atoms with E-state index in [-0.39, 0.29) is 13.0 Å². The van der Waals surface area contributed by atoms with E-state index in [0.717, 1.165) is 16.7 Å². The average Bonchev–Trinajstić information content (AvgIpc) is 3.24. The molecule has 10 nitrogen and oxygen atoms in total. The molecule has 0 aliphatic carbocycles. The number of benzene rings is 2. The molecule has 0 bridgehead atoms. The number of aliphatic carboxylic acids is 1. The minimum atomic E-state index is -0.953. The van der Waals surface area contributed by atoms with Gasteiger partial charge in [-0.05, 0) is 40.6 Å². The lowest BCUT2D eigenvalue weighted by Crippen LogP contribution is -2.32. The van der Waals surface area contributed by atoms with Crippen molar-refractivity contribution in [3.8, 4) is 5.75 Å². The summed E-state index contributed by atoms with van der Waals surface area (Å²) in [5.41, 5.74) is 2.65. The summed E-state index contributed by atoms with van der Waals surface area (Å²) in [5, 5.41) is 24.6. The monoisotopic (exact) mass is 439 g/mol. The second-order valence-electron chi connectivity index (χ2n) is 7.20. The van der Waals surface area contributed by atoms with Crippen LogP contribution in [0, 0.1) is 6.92 Å². The lowest BCUT2D eigenvalue weighted by molar-refractivity contribution is -0.141. The SMILES string of the molecule is COC(=O)Cn1nnnc1C(NC(CC(=O)O)c1ccc(C)cc1)c1ccc(OC)cc1. The number of methoxy groups -OCH3 is 2. The maximum absolute atomic E-state index is 11.8. The predicted molar refractivity (Wildman–Crippen MR) is 114 cm³/mol. The first-order valence-corrected chi connectivity index (χ1v) is 9.92. The number of aromatic nitrogens is 4. The summed E-state index contributed by atoms with van der Waals surface area (Å²) in [6.45, 7) is 1.78. The van der Waals surface area contributed by atoms with Crippen LogP contribution in [0.4, 0.5) is 0 Å². The van der Waals surface area contributed by atoms with E-state index in [0.29, 0.717) is 11.6 Å².